The van der Waals surface area contributed by atoms with E-state index in [1.54, 1.807) is 25.1 Å². The number of amides is 2. The molecule has 1 heterocycles. The Kier molecular flexibility index (Phi) is 4.45. The Hall–Kier alpha value is -2.80. The molecule has 158 valence electrons. The molecule has 0 bridgehead atoms. The normalized spacial score (nSPS) is 30.1. The first kappa shape index (κ1) is 20.1. The molecule has 4 atom stereocenters. The summed E-state index contributed by atoms with van der Waals surface area (Å²) in [6.07, 6.45) is 3.85. The lowest BCUT2D eigenvalue weighted by atomic mass is 9.59. The van der Waals surface area contributed by atoms with Crippen LogP contribution < -0.4 is 0 Å². The Morgan fingerprint density at radius 3 is 2.58 bits per heavy atom. The molecule has 0 saturated carbocycles. The van der Waals surface area contributed by atoms with Gasteiger partial charge in [-0.2, -0.15) is 0 Å². The maximum atomic E-state index is 13.1. The van der Waals surface area contributed by atoms with Crippen LogP contribution in [0.4, 0.5) is 0 Å². The molecule has 6 nitrogen and oxygen atoms in total. The Balaban J connectivity index is 1.75. The van der Waals surface area contributed by atoms with Gasteiger partial charge in [0.2, 0.25) is 11.8 Å². The highest BCUT2D eigenvalue weighted by Gasteiger charge is 2.55. The SMILES string of the molecule is Cc1cccc(C2C3=CCC4C(=O)N(C)C(=O)C4C3CC3=C2C(=O)C=C(Br)C3=O)c1O. The number of hydrogen-bond donors (Lipinski definition) is 1. The maximum absolute atomic E-state index is 13.1. The van der Waals surface area contributed by atoms with E-state index in [0.717, 1.165) is 5.57 Å². The number of benzene rings is 1. The van der Waals surface area contributed by atoms with Gasteiger partial charge >= 0.3 is 0 Å². The third-order valence-corrected chi connectivity index (χ3v) is 7.72. The number of carbonyl (C=O) groups excluding carboxylic acids is 4. The van der Waals surface area contributed by atoms with Crippen molar-refractivity contribution in [1.29, 1.82) is 0 Å². The summed E-state index contributed by atoms with van der Waals surface area (Å²) >= 11 is 3.20. The van der Waals surface area contributed by atoms with Crippen LogP contribution in [0.15, 0.2) is 51.6 Å². The van der Waals surface area contributed by atoms with Gasteiger partial charge in [-0.25, -0.2) is 0 Å². The highest BCUT2D eigenvalue weighted by molar-refractivity contribution is 9.12. The highest BCUT2D eigenvalue weighted by Crippen LogP contribution is 2.56. The molecule has 0 aromatic heterocycles. The molecule has 0 spiro atoms. The number of rotatable bonds is 1. The number of halogens is 1. The topological polar surface area (TPSA) is 91.8 Å². The first-order valence-electron chi connectivity index (χ1n) is 10.2. The summed E-state index contributed by atoms with van der Waals surface area (Å²) in [7, 11) is 1.49. The second-order valence-electron chi connectivity index (χ2n) is 8.64. The van der Waals surface area contributed by atoms with Crippen LogP contribution in [-0.2, 0) is 19.2 Å². The largest absolute Gasteiger partial charge is 0.507 e. The molecule has 2 amide bonds. The molecule has 1 aromatic rings. The van der Waals surface area contributed by atoms with E-state index in [2.05, 4.69) is 15.9 Å². The minimum Gasteiger partial charge on any atom is -0.507 e. The molecule has 1 aromatic carbocycles. The zero-order valence-corrected chi connectivity index (χ0v) is 18.6. The predicted octanol–water partition coefficient (Wildman–Crippen LogP) is 3.09. The number of phenols is 1. The van der Waals surface area contributed by atoms with Gasteiger partial charge in [-0.15, -0.1) is 0 Å². The van der Waals surface area contributed by atoms with Crippen molar-refractivity contribution in [3.05, 3.63) is 62.7 Å². The Morgan fingerprint density at radius 1 is 1.10 bits per heavy atom. The number of ketones is 2. The Labute approximate surface area is 187 Å². The van der Waals surface area contributed by atoms with Crippen molar-refractivity contribution in [1.82, 2.24) is 4.90 Å². The number of fused-ring (bicyclic) bond motifs is 3. The molecule has 1 N–H and O–H groups in total. The van der Waals surface area contributed by atoms with Gasteiger partial charge in [0, 0.05) is 35.8 Å². The quantitative estimate of drug-likeness (QED) is 0.378. The third-order valence-electron chi connectivity index (χ3n) is 7.13. The Bertz CT molecular complexity index is 1190. The van der Waals surface area contributed by atoms with Gasteiger partial charge in [-0.3, -0.25) is 24.1 Å². The molecular formula is C24H20BrNO5. The number of allylic oxidation sites excluding steroid dienone is 6. The number of carbonyl (C=O) groups is 4. The number of phenolic OH excluding ortho intramolecular Hbond substituents is 1. The molecule has 1 fully saturated rings. The fourth-order valence-electron chi connectivity index (χ4n) is 5.63. The first-order valence-corrected chi connectivity index (χ1v) is 11.0. The van der Waals surface area contributed by atoms with Crippen LogP contribution in [0.1, 0.15) is 29.9 Å². The van der Waals surface area contributed by atoms with E-state index >= 15 is 0 Å². The highest BCUT2D eigenvalue weighted by atomic mass is 79.9. The number of para-hydroxylation sites is 1. The molecule has 5 rings (SSSR count). The minimum atomic E-state index is -0.628. The second kappa shape index (κ2) is 6.85. The summed E-state index contributed by atoms with van der Waals surface area (Å²) in [6.45, 7) is 1.78. The van der Waals surface area contributed by atoms with Crippen molar-refractivity contribution >= 4 is 39.3 Å². The van der Waals surface area contributed by atoms with Gasteiger partial charge in [0.15, 0.2) is 11.6 Å². The van der Waals surface area contributed by atoms with Gasteiger partial charge in [-0.05, 0) is 47.2 Å². The standard InChI is InChI=1S/C24H20BrNO5/c1-10-4-3-5-12(21(10)28)18-11-6-7-13-19(24(31)26(2)23(13)30)14(11)8-15-20(18)17(27)9-16(25)22(15)29/h3-6,9,13-14,18-19,28H,7-8H2,1-2H3. The number of nitrogens with zero attached hydrogens (tertiary/aromatic N) is 1. The van der Waals surface area contributed by atoms with Gasteiger partial charge in [0.25, 0.3) is 0 Å². The van der Waals surface area contributed by atoms with Crippen LogP contribution in [0, 0.1) is 24.7 Å². The van der Waals surface area contributed by atoms with Crippen molar-refractivity contribution < 1.29 is 24.3 Å². The average molecular weight is 482 g/mol. The number of aryl methyl sites for hydroxylation is 1. The van der Waals surface area contributed by atoms with Crippen LogP contribution in [0.25, 0.3) is 0 Å². The summed E-state index contributed by atoms with van der Waals surface area (Å²) < 4.78 is 0.189. The van der Waals surface area contributed by atoms with E-state index in [0.29, 0.717) is 28.7 Å². The van der Waals surface area contributed by atoms with Gasteiger partial charge in [0.1, 0.15) is 5.75 Å². The monoisotopic (exact) mass is 481 g/mol. The summed E-state index contributed by atoms with van der Waals surface area (Å²) in [6, 6.07) is 5.34. The average Bonchev–Trinajstić information content (AvgIpc) is 2.97. The summed E-state index contributed by atoms with van der Waals surface area (Å²) in [4.78, 5) is 52.9. The molecule has 1 aliphatic heterocycles. The smallest absolute Gasteiger partial charge is 0.233 e. The van der Waals surface area contributed by atoms with E-state index < -0.39 is 17.8 Å². The first-order chi connectivity index (χ1) is 14.7. The van der Waals surface area contributed by atoms with Crippen LogP contribution in [-0.4, -0.2) is 40.4 Å². The van der Waals surface area contributed by atoms with Crippen molar-refractivity contribution in [2.75, 3.05) is 7.05 Å². The lowest BCUT2D eigenvalue weighted by Gasteiger charge is -2.42. The fraction of sp³-hybridized carbons (Fsp3) is 0.333. The summed E-state index contributed by atoms with van der Waals surface area (Å²) in [5, 5.41) is 10.9. The van der Waals surface area contributed by atoms with Crippen molar-refractivity contribution in [2.24, 2.45) is 17.8 Å². The number of aromatic hydroxyl groups is 1. The summed E-state index contributed by atoms with van der Waals surface area (Å²) in [5.41, 5.74) is 2.77. The lowest BCUT2D eigenvalue weighted by molar-refractivity contribution is -0.138. The molecule has 4 unspecified atom stereocenters. The lowest BCUT2D eigenvalue weighted by Crippen LogP contribution is -2.39. The number of hydrogen-bond acceptors (Lipinski definition) is 5. The van der Waals surface area contributed by atoms with Crippen LogP contribution in [0.3, 0.4) is 0 Å². The molecule has 31 heavy (non-hydrogen) atoms. The third kappa shape index (κ3) is 2.69. The number of imide groups is 1. The van der Waals surface area contributed by atoms with Crippen molar-refractivity contribution in [2.45, 2.75) is 25.7 Å². The van der Waals surface area contributed by atoms with E-state index in [1.165, 1.54) is 18.0 Å². The summed E-state index contributed by atoms with van der Waals surface area (Å²) in [5.74, 6) is -2.95. The second-order valence-corrected chi connectivity index (χ2v) is 9.50. The minimum absolute atomic E-state index is 0.0721. The van der Waals surface area contributed by atoms with Crippen molar-refractivity contribution in [3.63, 3.8) is 0 Å². The fourth-order valence-corrected chi connectivity index (χ4v) is 6.08. The zero-order valence-electron chi connectivity index (χ0n) is 17.0. The predicted molar refractivity (Wildman–Crippen MR) is 115 cm³/mol. The van der Waals surface area contributed by atoms with Crippen LogP contribution >= 0.6 is 15.9 Å². The van der Waals surface area contributed by atoms with Crippen LogP contribution in [0.2, 0.25) is 0 Å². The van der Waals surface area contributed by atoms with E-state index in [4.69, 9.17) is 0 Å². The molecule has 1 saturated heterocycles. The number of likely N-dealkylation sites (tertiary alicyclic amines) is 1. The molecule has 7 heteroatoms. The van der Waals surface area contributed by atoms with E-state index in [9.17, 15) is 24.3 Å². The zero-order chi connectivity index (χ0) is 22.2. The maximum Gasteiger partial charge on any atom is 0.233 e. The van der Waals surface area contributed by atoms with Gasteiger partial charge in [0.05, 0.1) is 16.3 Å². The van der Waals surface area contributed by atoms with Crippen LogP contribution in [0.5, 0.6) is 5.75 Å². The van der Waals surface area contributed by atoms with Crippen molar-refractivity contribution in [3.8, 4) is 5.75 Å². The number of Topliss-reactive ketones (excluding diaryl/α,β-unsaturated/α-hetero) is 1. The van der Waals surface area contributed by atoms with Gasteiger partial charge < -0.3 is 5.11 Å². The molecule has 0 radical (unpaired) electrons. The molecule has 4 aliphatic rings. The van der Waals surface area contributed by atoms with E-state index in [-0.39, 0.29) is 46.0 Å². The molecular weight excluding hydrogens is 462 g/mol. The Morgan fingerprint density at radius 2 is 1.84 bits per heavy atom. The molecule has 3 aliphatic carbocycles. The van der Waals surface area contributed by atoms with E-state index in [1.807, 2.05) is 6.08 Å². The van der Waals surface area contributed by atoms with Gasteiger partial charge in [-0.1, -0.05) is 29.8 Å².